The monoisotopic (exact) mass is 359 g/mol. The van der Waals surface area contributed by atoms with Crippen LogP contribution in [0.5, 0.6) is 0 Å². The molecular formula is C11H22INO4. The summed E-state index contributed by atoms with van der Waals surface area (Å²) >= 11 is 2.37. The predicted octanol–water partition coefficient (Wildman–Crippen LogP) is 2.47. The Labute approximate surface area is 116 Å². The van der Waals surface area contributed by atoms with E-state index in [9.17, 15) is 0 Å². The quantitative estimate of drug-likeness (QED) is 0.310. The van der Waals surface area contributed by atoms with Gasteiger partial charge >= 0.3 is 11.9 Å². The van der Waals surface area contributed by atoms with Crippen molar-refractivity contribution in [1.82, 2.24) is 0 Å². The summed E-state index contributed by atoms with van der Waals surface area (Å²) in [6.07, 6.45) is 3.53. The smallest absolute Gasteiger partial charge is 0.414 e. The highest BCUT2D eigenvalue weighted by Gasteiger charge is 2.38. The number of halogens is 1. The summed E-state index contributed by atoms with van der Waals surface area (Å²) in [6, 6.07) is 0. The van der Waals surface area contributed by atoms with Gasteiger partial charge in [-0.3, -0.25) is 0 Å². The third-order valence-electron chi connectivity index (χ3n) is 3.25. The Morgan fingerprint density at radius 1 is 1.06 bits per heavy atom. The second kappa shape index (κ2) is 7.86. The van der Waals surface area contributed by atoms with Gasteiger partial charge < -0.3 is 15.9 Å². The molecule has 102 valence electrons. The molecule has 4 N–H and O–H groups in total. The molecule has 1 unspecified atom stereocenters. The first-order valence-electron chi connectivity index (χ1n) is 5.52. The normalized spacial score (nSPS) is 14.2. The molecule has 0 aliphatic heterocycles. The molecule has 0 aromatic carbocycles. The Bertz CT molecular complexity index is 236. The lowest BCUT2D eigenvalue weighted by Crippen LogP contribution is -2.47. The minimum Gasteiger partial charge on any atom is -0.473 e. The van der Waals surface area contributed by atoms with E-state index in [2.05, 4.69) is 50.3 Å². The van der Waals surface area contributed by atoms with Crippen LogP contribution in [-0.2, 0) is 9.59 Å². The van der Waals surface area contributed by atoms with Crippen LogP contribution < -0.4 is 5.73 Å². The largest absolute Gasteiger partial charge is 0.473 e. The van der Waals surface area contributed by atoms with Gasteiger partial charge in [-0.2, -0.15) is 0 Å². The molecule has 5 nitrogen and oxygen atoms in total. The number of alkyl halides is 1. The van der Waals surface area contributed by atoms with Crippen LogP contribution in [0.3, 0.4) is 0 Å². The summed E-state index contributed by atoms with van der Waals surface area (Å²) in [4.78, 5) is 18.2. The molecule has 0 fully saturated rings. The molecule has 0 aliphatic carbocycles. The van der Waals surface area contributed by atoms with Gasteiger partial charge in [0.2, 0.25) is 0 Å². The molecule has 0 rings (SSSR count). The first kappa shape index (κ1) is 19.0. The maximum atomic E-state index is 9.10. The molecule has 17 heavy (non-hydrogen) atoms. The molecule has 0 aliphatic rings. The summed E-state index contributed by atoms with van der Waals surface area (Å²) in [6.45, 7) is 8.83. The van der Waals surface area contributed by atoms with E-state index in [0.717, 1.165) is 0 Å². The highest BCUT2D eigenvalue weighted by Crippen LogP contribution is 2.43. The van der Waals surface area contributed by atoms with Crippen molar-refractivity contribution >= 4 is 34.5 Å². The first-order chi connectivity index (χ1) is 7.57. The zero-order chi connectivity index (χ0) is 14.3. The molecule has 0 spiro atoms. The Hall–Kier alpha value is -0.370. The molecule has 0 saturated heterocycles. The zero-order valence-electron chi connectivity index (χ0n) is 10.8. The van der Waals surface area contributed by atoms with Gasteiger partial charge in [-0.25, -0.2) is 9.59 Å². The molecule has 0 heterocycles. The molecule has 0 bridgehead atoms. The fourth-order valence-corrected chi connectivity index (χ4v) is 2.93. The maximum absolute atomic E-state index is 9.10. The van der Waals surface area contributed by atoms with Gasteiger partial charge in [-0.05, 0) is 31.6 Å². The van der Waals surface area contributed by atoms with Crippen molar-refractivity contribution in [1.29, 1.82) is 0 Å². The van der Waals surface area contributed by atoms with E-state index in [1.54, 1.807) is 0 Å². The van der Waals surface area contributed by atoms with Crippen molar-refractivity contribution in [3.05, 3.63) is 0 Å². The number of carbonyl (C=O) groups is 2. The van der Waals surface area contributed by atoms with Crippen molar-refractivity contribution < 1.29 is 19.8 Å². The average molecular weight is 359 g/mol. The van der Waals surface area contributed by atoms with Crippen LogP contribution in [0, 0.1) is 5.41 Å². The molecule has 1 atom stereocenters. The van der Waals surface area contributed by atoms with Crippen molar-refractivity contribution in [3.63, 3.8) is 0 Å². The van der Waals surface area contributed by atoms with Gasteiger partial charge in [0.1, 0.15) is 0 Å². The highest BCUT2D eigenvalue weighted by atomic mass is 127. The van der Waals surface area contributed by atoms with Crippen LogP contribution in [0.15, 0.2) is 0 Å². The summed E-state index contributed by atoms with van der Waals surface area (Å²) in [7, 11) is 0. The number of nitrogens with two attached hydrogens (primary N) is 1. The minimum absolute atomic E-state index is 0.0665. The second-order valence-corrected chi connectivity index (χ2v) is 6.27. The fourth-order valence-electron chi connectivity index (χ4n) is 1.79. The Kier molecular flexibility index (Phi) is 8.78. The van der Waals surface area contributed by atoms with E-state index < -0.39 is 11.9 Å². The number of carboxylic acid groups (broad SMARTS) is 2. The second-order valence-electron chi connectivity index (χ2n) is 4.03. The van der Waals surface area contributed by atoms with Crippen LogP contribution in [0.4, 0.5) is 0 Å². The van der Waals surface area contributed by atoms with Gasteiger partial charge in [-0.15, -0.1) is 0 Å². The van der Waals surface area contributed by atoms with Gasteiger partial charge in [-0.1, -0.05) is 43.4 Å². The number of aliphatic carboxylic acids is 2. The lowest BCUT2D eigenvalue weighted by Gasteiger charge is -2.41. The highest BCUT2D eigenvalue weighted by molar-refractivity contribution is 14.1. The summed E-state index contributed by atoms with van der Waals surface area (Å²) < 4.78 is -0.0665. The minimum atomic E-state index is -1.82. The number of hydrogen-bond donors (Lipinski definition) is 3. The van der Waals surface area contributed by atoms with Crippen molar-refractivity contribution in [3.8, 4) is 0 Å². The maximum Gasteiger partial charge on any atom is 0.414 e. The summed E-state index contributed by atoms with van der Waals surface area (Å²) in [5, 5.41) is 14.8. The van der Waals surface area contributed by atoms with Gasteiger partial charge in [0.05, 0.1) is 3.55 Å². The molecule has 0 aromatic rings. The average Bonchev–Trinajstić information content (AvgIpc) is 2.19. The standard InChI is InChI=1S/C9H20IN.C2H2O4/c1-5-9(6-2,7-3)8(4,10)11;3-1(4)2(5)6/h5-7,11H2,1-4H3;(H,3,4)(H,5,6). The lowest BCUT2D eigenvalue weighted by molar-refractivity contribution is -0.159. The zero-order valence-corrected chi connectivity index (χ0v) is 12.9. The fraction of sp³-hybridized carbons (Fsp3) is 0.818. The SMILES string of the molecule is CCC(CC)(CC)C(C)(N)I.O=C(O)C(=O)O. The number of hydrogen-bond acceptors (Lipinski definition) is 3. The van der Waals surface area contributed by atoms with Gasteiger partial charge in [0.15, 0.2) is 0 Å². The predicted molar refractivity (Wildman–Crippen MR) is 75.2 cm³/mol. The van der Waals surface area contributed by atoms with E-state index in [1.165, 1.54) is 19.3 Å². The summed E-state index contributed by atoms with van der Waals surface area (Å²) in [5.41, 5.74) is 6.46. The van der Waals surface area contributed by atoms with E-state index in [4.69, 9.17) is 25.5 Å². The van der Waals surface area contributed by atoms with E-state index >= 15 is 0 Å². The molecular weight excluding hydrogens is 337 g/mol. The van der Waals surface area contributed by atoms with Gasteiger partial charge in [0, 0.05) is 0 Å². The van der Waals surface area contributed by atoms with E-state index in [-0.39, 0.29) is 3.55 Å². The third-order valence-corrected chi connectivity index (χ3v) is 4.39. The Balaban J connectivity index is 0. The molecule has 6 heteroatoms. The van der Waals surface area contributed by atoms with Crippen molar-refractivity contribution in [2.75, 3.05) is 0 Å². The summed E-state index contributed by atoms with van der Waals surface area (Å²) in [5.74, 6) is -3.65. The Morgan fingerprint density at radius 3 is 1.29 bits per heavy atom. The van der Waals surface area contributed by atoms with Crippen LogP contribution in [-0.4, -0.2) is 25.7 Å². The first-order valence-corrected chi connectivity index (χ1v) is 6.59. The van der Waals surface area contributed by atoms with Crippen LogP contribution in [0.2, 0.25) is 0 Å². The third kappa shape index (κ3) is 6.21. The molecule has 0 saturated carbocycles. The molecule has 0 radical (unpaired) electrons. The van der Waals surface area contributed by atoms with Crippen LogP contribution in [0.25, 0.3) is 0 Å². The molecule has 0 aromatic heterocycles. The van der Waals surface area contributed by atoms with Crippen molar-refractivity contribution in [2.45, 2.75) is 50.5 Å². The van der Waals surface area contributed by atoms with Crippen LogP contribution >= 0.6 is 22.6 Å². The Morgan fingerprint density at radius 2 is 1.29 bits per heavy atom. The number of carboxylic acids is 2. The van der Waals surface area contributed by atoms with E-state index in [1.807, 2.05) is 0 Å². The van der Waals surface area contributed by atoms with Crippen LogP contribution in [0.1, 0.15) is 47.0 Å². The van der Waals surface area contributed by atoms with Crippen molar-refractivity contribution in [2.24, 2.45) is 11.1 Å². The molecule has 0 amide bonds. The lowest BCUT2D eigenvalue weighted by atomic mass is 9.74. The topological polar surface area (TPSA) is 101 Å². The van der Waals surface area contributed by atoms with Gasteiger partial charge in [0.25, 0.3) is 0 Å². The van der Waals surface area contributed by atoms with E-state index in [0.29, 0.717) is 5.41 Å². The number of rotatable bonds is 4.